The molecule has 2 aromatic carbocycles. The van der Waals surface area contributed by atoms with Gasteiger partial charge in [0.1, 0.15) is 17.4 Å². The van der Waals surface area contributed by atoms with Gasteiger partial charge in [0, 0.05) is 17.7 Å². The summed E-state index contributed by atoms with van der Waals surface area (Å²) in [6.45, 7) is 0. The fourth-order valence-electron chi connectivity index (χ4n) is 1.71. The second-order valence-corrected chi connectivity index (χ2v) is 4.44. The number of carbonyl (C=O) groups is 1. The van der Waals surface area contributed by atoms with Gasteiger partial charge in [-0.2, -0.15) is 0 Å². The molecule has 0 saturated heterocycles. The van der Waals surface area contributed by atoms with Crippen LogP contribution in [0.2, 0.25) is 5.02 Å². The Balaban J connectivity index is 2.50. The van der Waals surface area contributed by atoms with Gasteiger partial charge in [-0.3, -0.25) is 4.79 Å². The third-order valence-corrected chi connectivity index (χ3v) is 3.08. The molecule has 6 heteroatoms. The Hall–Kier alpha value is -2.14. The molecule has 0 aromatic heterocycles. The van der Waals surface area contributed by atoms with Crippen molar-refractivity contribution in [2.75, 3.05) is 12.8 Å². The highest BCUT2D eigenvalue weighted by atomic mass is 35.5. The van der Waals surface area contributed by atoms with Gasteiger partial charge in [0.15, 0.2) is 5.78 Å². The van der Waals surface area contributed by atoms with Gasteiger partial charge >= 0.3 is 0 Å². The normalized spacial score (nSPS) is 10.4. The van der Waals surface area contributed by atoms with Crippen LogP contribution in [0.3, 0.4) is 0 Å². The van der Waals surface area contributed by atoms with Crippen molar-refractivity contribution in [1.82, 2.24) is 0 Å². The van der Waals surface area contributed by atoms with E-state index in [-0.39, 0.29) is 22.0 Å². The highest BCUT2D eigenvalue weighted by Crippen LogP contribution is 2.25. The van der Waals surface area contributed by atoms with E-state index in [0.29, 0.717) is 0 Å². The highest BCUT2D eigenvalue weighted by Gasteiger charge is 2.21. The minimum absolute atomic E-state index is 0.00725. The summed E-state index contributed by atoms with van der Waals surface area (Å²) in [6.07, 6.45) is 0. The summed E-state index contributed by atoms with van der Waals surface area (Å²) in [7, 11) is 1.27. The Bertz CT molecular complexity index is 666. The third kappa shape index (κ3) is 2.58. The third-order valence-electron chi connectivity index (χ3n) is 2.74. The van der Waals surface area contributed by atoms with Crippen molar-refractivity contribution in [1.29, 1.82) is 0 Å². The number of nitrogens with two attached hydrogens (primary N) is 1. The minimum atomic E-state index is -1.000. The van der Waals surface area contributed by atoms with Crippen molar-refractivity contribution in [2.24, 2.45) is 0 Å². The molecule has 0 fully saturated rings. The maximum Gasteiger partial charge on any atom is 0.199 e. The first-order valence-electron chi connectivity index (χ1n) is 5.56. The molecule has 0 amide bonds. The molecule has 104 valence electrons. The summed E-state index contributed by atoms with van der Waals surface area (Å²) in [5.41, 5.74) is 5.12. The van der Waals surface area contributed by atoms with E-state index in [1.165, 1.54) is 25.3 Å². The van der Waals surface area contributed by atoms with Gasteiger partial charge in [0.05, 0.1) is 23.4 Å². The topological polar surface area (TPSA) is 52.3 Å². The van der Waals surface area contributed by atoms with Crippen molar-refractivity contribution < 1.29 is 18.3 Å². The maximum absolute atomic E-state index is 13.8. The number of rotatable bonds is 3. The lowest BCUT2D eigenvalue weighted by Crippen LogP contribution is -2.08. The lowest BCUT2D eigenvalue weighted by molar-refractivity contribution is 0.103. The van der Waals surface area contributed by atoms with Crippen molar-refractivity contribution in [3.8, 4) is 5.75 Å². The fraction of sp³-hybridized carbons (Fsp3) is 0.0714. The number of ketones is 1. The molecule has 0 aliphatic carbocycles. The second kappa shape index (κ2) is 5.46. The molecule has 3 nitrogen and oxygen atoms in total. The average molecular weight is 298 g/mol. The molecular formula is C14H10ClF2NO2. The van der Waals surface area contributed by atoms with Crippen LogP contribution in [0.25, 0.3) is 0 Å². The molecule has 0 aliphatic heterocycles. The van der Waals surface area contributed by atoms with Crippen molar-refractivity contribution in [3.63, 3.8) is 0 Å². The number of anilines is 1. The molecule has 2 rings (SSSR count). The van der Waals surface area contributed by atoms with Gasteiger partial charge in [-0.15, -0.1) is 0 Å². The average Bonchev–Trinajstić information content (AvgIpc) is 2.40. The molecule has 0 spiro atoms. The molecule has 0 bridgehead atoms. The number of hydrogen-bond donors (Lipinski definition) is 1. The van der Waals surface area contributed by atoms with Crippen LogP contribution in [0, 0.1) is 11.6 Å². The summed E-state index contributed by atoms with van der Waals surface area (Å²) in [5, 5.41) is 0.261. The van der Waals surface area contributed by atoms with E-state index in [0.717, 1.165) is 12.1 Å². The van der Waals surface area contributed by atoms with Gasteiger partial charge in [-0.1, -0.05) is 11.6 Å². The molecule has 20 heavy (non-hydrogen) atoms. The van der Waals surface area contributed by atoms with E-state index < -0.39 is 23.0 Å². The number of carbonyl (C=O) groups excluding carboxylic acids is 1. The maximum atomic E-state index is 13.8. The van der Waals surface area contributed by atoms with E-state index in [2.05, 4.69) is 0 Å². The highest BCUT2D eigenvalue weighted by molar-refractivity contribution is 6.33. The Labute approximate surface area is 118 Å². The molecule has 0 saturated carbocycles. The van der Waals surface area contributed by atoms with Gasteiger partial charge in [0.25, 0.3) is 0 Å². The molecule has 0 aliphatic rings. The Morgan fingerprint density at radius 3 is 2.30 bits per heavy atom. The van der Waals surface area contributed by atoms with E-state index in [1.54, 1.807) is 0 Å². The largest absolute Gasteiger partial charge is 0.497 e. The molecule has 0 heterocycles. The van der Waals surface area contributed by atoms with Crippen LogP contribution in [0.5, 0.6) is 5.75 Å². The number of ether oxygens (including phenoxy) is 1. The van der Waals surface area contributed by atoms with Crippen molar-refractivity contribution in [3.05, 3.63) is 58.1 Å². The Morgan fingerprint density at radius 1 is 1.20 bits per heavy atom. The number of hydrogen-bond acceptors (Lipinski definition) is 3. The first-order valence-corrected chi connectivity index (χ1v) is 5.94. The standard InChI is InChI=1S/C14H10ClF2NO2/c1-20-8-5-10(16)13(11(17)6-8)14(19)7-2-3-9(15)12(18)4-7/h2-6H,18H2,1H3. The van der Waals surface area contributed by atoms with Crippen molar-refractivity contribution >= 4 is 23.1 Å². The van der Waals surface area contributed by atoms with Crippen LogP contribution in [-0.4, -0.2) is 12.9 Å². The number of nitrogen functional groups attached to an aromatic ring is 1. The summed E-state index contributed by atoms with van der Waals surface area (Å²) >= 11 is 5.73. The van der Waals surface area contributed by atoms with Crippen LogP contribution < -0.4 is 10.5 Å². The monoisotopic (exact) mass is 297 g/mol. The molecular weight excluding hydrogens is 288 g/mol. The van der Waals surface area contributed by atoms with Gasteiger partial charge in [-0.25, -0.2) is 8.78 Å². The molecule has 0 unspecified atom stereocenters. The lowest BCUT2D eigenvalue weighted by Gasteiger charge is -2.08. The molecule has 0 radical (unpaired) electrons. The van der Waals surface area contributed by atoms with Gasteiger partial charge < -0.3 is 10.5 Å². The lowest BCUT2D eigenvalue weighted by atomic mass is 10.0. The van der Waals surface area contributed by atoms with E-state index in [1.807, 2.05) is 0 Å². The predicted molar refractivity (Wildman–Crippen MR) is 72.2 cm³/mol. The van der Waals surface area contributed by atoms with Crippen LogP contribution in [0.1, 0.15) is 15.9 Å². The van der Waals surface area contributed by atoms with Gasteiger partial charge in [0.2, 0.25) is 0 Å². The Morgan fingerprint density at radius 2 is 1.80 bits per heavy atom. The zero-order valence-electron chi connectivity index (χ0n) is 10.4. The summed E-state index contributed by atoms with van der Waals surface area (Å²) in [6, 6.07) is 5.90. The van der Waals surface area contributed by atoms with Gasteiger partial charge in [-0.05, 0) is 18.2 Å². The van der Waals surface area contributed by atoms with E-state index >= 15 is 0 Å². The number of methoxy groups -OCH3 is 1. The molecule has 2 N–H and O–H groups in total. The smallest absolute Gasteiger partial charge is 0.199 e. The molecule has 2 aromatic rings. The zero-order valence-corrected chi connectivity index (χ0v) is 11.2. The van der Waals surface area contributed by atoms with Crippen LogP contribution in [-0.2, 0) is 0 Å². The van der Waals surface area contributed by atoms with Crippen molar-refractivity contribution in [2.45, 2.75) is 0 Å². The number of halogens is 3. The number of benzene rings is 2. The van der Waals surface area contributed by atoms with E-state index in [9.17, 15) is 13.6 Å². The van der Waals surface area contributed by atoms with Crippen LogP contribution in [0.15, 0.2) is 30.3 Å². The fourth-order valence-corrected chi connectivity index (χ4v) is 1.83. The van der Waals surface area contributed by atoms with E-state index in [4.69, 9.17) is 22.1 Å². The Kier molecular flexibility index (Phi) is 3.90. The summed E-state index contributed by atoms with van der Waals surface area (Å²) in [4.78, 5) is 12.1. The first-order chi connectivity index (χ1) is 9.43. The summed E-state index contributed by atoms with van der Waals surface area (Å²) < 4.78 is 32.4. The summed E-state index contributed by atoms with van der Waals surface area (Å²) in [5.74, 6) is -2.82. The quantitative estimate of drug-likeness (QED) is 0.697. The zero-order chi connectivity index (χ0) is 14.9. The molecule has 0 atom stereocenters. The SMILES string of the molecule is COc1cc(F)c(C(=O)c2ccc(Cl)c(N)c2)c(F)c1. The minimum Gasteiger partial charge on any atom is -0.497 e. The van der Waals surface area contributed by atoms with Crippen LogP contribution >= 0.6 is 11.6 Å². The first kappa shape index (κ1) is 14.3. The predicted octanol–water partition coefficient (Wildman–Crippen LogP) is 3.44. The second-order valence-electron chi connectivity index (χ2n) is 4.03. The van der Waals surface area contributed by atoms with Crippen LogP contribution in [0.4, 0.5) is 14.5 Å².